The molecule has 4 heterocycles. The van der Waals surface area contributed by atoms with Crippen LogP contribution in [0.25, 0.3) is 11.7 Å². The fourth-order valence-corrected chi connectivity index (χ4v) is 6.59. The topological polar surface area (TPSA) is 70.4 Å². The van der Waals surface area contributed by atoms with Gasteiger partial charge < -0.3 is 14.5 Å². The Morgan fingerprint density at radius 3 is 2.37 bits per heavy atom. The fraction of sp³-hybridized carbons (Fsp3) is 0.250. The average Bonchev–Trinajstić information content (AvgIpc) is 3.29. The van der Waals surface area contributed by atoms with Crippen molar-refractivity contribution in [3.05, 3.63) is 105 Å². The molecule has 1 amide bonds. The van der Waals surface area contributed by atoms with Crippen LogP contribution < -0.4 is 20.1 Å². The Balaban J connectivity index is 1.28. The zero-order chi connectivity index (χ0) is 30.1. The molecule has 4 aromatic rings. The molecule has 2 aromatic carbocycles. The van der Waals surface area contributed by atoms with Crippen LogP contribution >= 0.6 is 24.0 Å². The van der Waals surface area contributed by atoms with Gasteiger partial charge in [-0.2, -0.15) is 0 Å². The van der Waals surface area contributed by atoms with Gasteiger partial charge in [0.25, 0.3) is 11.5 Å². The van der Waals surface area contributed by atoms with Gasteiger partial charge in [-0.3, -0.25) is 18.9 Å². The van der Waals surface area contributed by atoms with Gasteiger partial charge in [-0.15, -0.1) is 0 Å². The van der Waals surface area contributed by atoms with Gasteiger partial charge in [-0.05, 0) is 73.0 Å². The number of halogens is 1. The minimum atomic E-state index is -0.269. The molecule has 8 nitrogen and oxygen atoms in total. The Labute approximate surface area is 258 Å². The van der Waals surface area contributed by atoms with Crippen molar-refractivity contribution in [3.63, 3.8) is 0 Å². The predicted molar refractivity (Wildman–Crippen MR) is 174 cm³/mol. The van der Waals surface area contributed by atoms with E-state index in [0.717, 1.165) is 22.6 Å². The lowest BCUT2D eigenvalue weighted by Crippen LogP contribution is -2.47. The molecule has 6 rings (SSSR count). The standard InChI is InChI=1S/C32H30FN5O3S2/c1-21-3-12-28-34-29(36-17-15-35(16-18-36)24-8-6-23(33)7-9-24)26(30(39)38(28)20-21)19-27-31(40)37(32(42)43-27)14-13-22-4-10-25(41-2)11-5-22/h3-12,19-20H,13-18H2,1-2H3/b27-19+. The van der Waals surface area contributed by atoms with Crippen LogP contribution in [-0.2, 0) is 11.2 Å². The number of carbonyl (C=O) groups excluding carboxylic acids is 1. The number of methoxy groups -OCH3 is 1. The predicted octanol–water partition coefficient (Wildman–Crippen LogP) is 4.92. The van der Waals surface area contributed by atoms with Crippen LogP contribution in [0.5, 0.6) is 5.75 Å². The van der Waals surface area contributed by atoms with E-state index in [1.165, 1.54) is 28.3 Å². The number of benzene rings is 2. The first kappa shape index (κ1) is 28.9. The zero-order valence-corrected chi connectivity index (χ0v) is 25.5. The molecule has 0 atom stereocenters. The molecule has 2 saturated heterocycles. The molecule has 2 aliphatic heterocycles. The number of nitrogens with zero attached hydrogens (tertiary/aromatic N) is 5. The van der Waals surface area contributed by atoms with Gasteiger partial charge in [0, 0.05) is 44.6 Å². The lowest BCUT2D eigenvalue weighted by atomic mass is 10.1. The molecule has 0 unspecified atom stereocenters. The molecule has 0 spiro atoms. The molecule has 11 heteroatoms. The lowest BCUT2D eigenvalue weighted by molar-refractivity contribution is -0.122. The SMILES string of the molecule is COc1ccc(CCN2C(=O)/C(=C\c3c(N4CCN(c5ccc(F)cc5)CC4)nc4ccc(C)cn4c3=O)SC2=S)cc1. The monoisotopic (exact) mass is 615 g/mol. The molecule has 220 valence electrons. The second kappa shape index (κ2) is 12.2. The number of anilines is 2. The molecule has 0 bridgehead atoms. The van der Waals surface area contributed by atoms with E-state index in [1.54, 1.807) is 36.4 Å². The normalized spacial score (nSPS) is 16.5. The summed E-state index contributed by atoms with van der Waals surface area (Å²) in [6.45, 7) is 4.91. The lowest BCUT2D eigenvalue weighted by Gasteiger charge is -2.37. The van der Waals surface area contributed by atoms with Crippen molar-refractivity contribution in [1.29, 1.82) is 0 Å². The smallest absolute Gasteiger partial charge is 0.267 e. The summed E-state index contributed by atoms with van der Waals surface area (Å²) >= 11 is 6.79. The summed E-state index contributed by atoms with van der Waals surface area (Å²) in [5.41, 5.74) is 3.58. The van der Waals surface area contributed by atoms with E-state index in [-0.39, 0.29) is 17.3 Å². The third-order valence-electron chi connectivity index (χ3n) is 7.69. The van der Waals surface area contributed by atoms with Crippen molar-refractivity contribution in [2.45, 2.75) is 13.3 Å². The molecule has 0 saturated carbocycles. The van der Waals surface area contributed by atoms with Gasteiger partial charge in [0.15, 0.2) is 0 Å². The number of rotatable bonds is 7. The Hall–Kier alpha value is -4.22. The van der Waals surface area contributed by atoms with Crippen molar-refractivity contribution in [2.75, 3.05) is 49.6 Å². The summed E-state index contributed by atoms with van der Waals surface area (Å²) in [6, 6.07) is 17.9. The highest BCUT2D eigenvalue weighted by molar-refractivity contribution is 8.26. The second-order valence-corrected chi connectivity index (χ2v) is 12.1. The number of hydrogen-bond donors (Lipinski definition) is 0. The molecule has 0 aliphatic carbocycles. The van der Waals surface area contributed by atoms with Crippen molar-refractivity contribution < 1.29 is 13.9 Å². The first-order chi connectivity index (χ1) is 20.8. The quantitative estimate of drug-likeness (QED) is 0.214. The molecule has 2 aliphatic rings. The number of thioether (sulfide) groups is 1. The summed E-state index contributed by atoms with van der Waals surface area (Å²) in [5.74, 6) is 0.824. The van der Waals surface area contributed by atoms with Crippen molar-refractivity contribution in [2.24, 2.45) is 0 Å². The van der Waals surface area contributed by atoms with E-state index in [1.807, 2.05) is 43.3 Å². The number of pyridine rings is 1. The summed E-state index contributed by atoms with van der Waals surface area (Å²) in [4.78, 5) is 38.6. The maximum atomic E-state index is 13.9. The van der Waals surface area contributed by atoms with Gasteiger partial charge >= 0.3 is 0 Å². The number of aryl methyl sites for hydroxylation is 1. The zero-order valence-electron chi connectivity index (χ0n) is 23.8. The molecular weight excluding hydrogens is 586 g/mol. The number of hydrogen-bond acceptors (Lipinski definition) is 8. The highest BCUT2D eigenvalue weighted by Gasteiger charge is 2.33. The first-order valence-corrected chi connectivity index (χ1v) is 15.2. The first-order valence-electron chi connectivity index (χ1n) is 14.0. The van der Waals surface area contributed by atoms with Crippen molar-refractivity contribution in [3.8, 4) is 5.75 Å². The van der Waals surface area contributed by atoms with E-state index in [9.17, 15) is 14.0 Å². The van der Waals surface area contributed by atoms with E-state index >= 15 is 0 Å². The Morgan fingerprint density at radius 2 is 1.67 bits per heavy atom. The number of amides is 1. The van der Waals surface area contributed by atoms with Gasteiger partial charge in [-0.25, -0.2) is 9.37 Å². The van der Waals surface area contributed by atoms with Crippen LogP contribution in [0.15, 0.2) is 76.6 Å². The maximum Gasteiger partial charge on any atom is 0.267 e. The number of piperazine rings is 1. The highest BCUT2D eigenvalue weighted by Crippen LogP contribution is 2.34. The molecule has 43 heavy (non-hydrogen) atoms. The molecule has 2 fully saturated rings. The third kappa shape index (κ3) is 6.00. The number of fused-ring (bicyclic) bond motifs is 1. The van der Waals surface area contributed by atoms with E-state index < -0.39 is 0 Å². The van der Waals surface area contributed by atoms with Gasteiger partial charge in [0.05, 0.1) is 17.6 Å². The van der Waals surface area contributed by atoms with E-state index in [4.69, 9.17) is 21.9 Å². The average molecular weight is 616 g/mol. The molecular formula is C32H30FN5O3S2. The molecule has 2 aromatic heterocycles. The van der Waals surface area contributed by atoms with Crippen LogP contribution in [0, 0.1) is 12.7 Å². The van der Waals surface area contributed by atoms with Crippen LogP contribution in [0.4, 0.5) is 15.9 Å². The van der Waals surface area contributed by atoms with Crippen molar-refractivity contribution in [1.82, 2.24) is 14.3 Å². The number of carbonyl (C=O) groups is 1. The number of thiocarbonyl (C=S) groups is 1. The minimum Gasteiger partial charge on any atom is -0.497 e. The van der Waals surface area contributed by atoms with Gasteiger partial charge in [0.2, 0.25) is 0 Å². The van der Waals surface area contributed by atoms with E-state index in [2.05, 4.69) is 9.80 Å². The summed E-state index contributed by atoms with van der Waals surface area (Å²) in [5, 5.41) is 0. The summed E-state index contributed by atoms with van der Waals surface area (Å²) in [6.07, 6.45) is 4.05. The molecule has 0 N–H and O–H groups in total. The number of ether oxygens (including phenoxy) is 1. The van der Waals surface area contributed by atoms with Crippen LogP contribution in [0.3, 0.4) is 0 Å². The Kier molecular flexibility index (Phi) is 8.18. The van der Waals surface area contributed by atoms with Crippen LogP contribution in [0.1, 0.15) is 16.7 Å². The Bertz CT molecular complexity index is 1780. The largest absolute Gasteiger partial charge is 0.497 e. The van der Waals surface area contributed by atoms with Crippen LogP contribution in [-0.4, -0.2) is 64.3 Å². The highest BCUT2D eigenvalue weighted by atomic mass is 32.2. The Morgan fingerprint density at radius 1 is 0.977 bits per heavy atom. The van der Waals surface area contributed by atoms with Gasteiger partial charge in [-0.1, -0.05) is 42.2 Å². The van der Waals surface area contributed by atoms with Gasteiger partial charge in [0.1, 0.15) is 27.4 Å². The maximum absolute atomic E-state index is 13.9. The summed E-state index contributed by atoms with van der Waals surface area (Å²) in [7, 11) is 1.62. The minimum absolute atomic E-state index is 0.218. The summed E-state index contributed by atoms with van der Waals surface area (Å²) < 4.78 is 20.7. The number of aromatic nitrogens is 2. The second-order valence-electron chi connectivity index (χ2n) is 10.5. The fourth-order valence-electron chi connectivity index (χ4n) is 5.30. The van der Waals surface area contributed by atoms with Crippen LogP contribution in [0.2, 0.25) is 0 Å². The van der Waals surface area contributed by atoms with Crippen molar-refractivity contribution >= 4 is 57.4 Å². The third-order valence-corrected chi connectivity index (χ3v) is 9.07. The molecule has 0 radical (unpaired) electrons. The van der Waals surface area contributed by atoms with E-state index in [0.29, 0.717) is 65.4 Å².